The highest BCUT2D eigenvalue weighted by molar-refractivity contribution is 5.61. The van der Waals surface area contributed by atoms with Crippen LogP contribution in [0.2, 0.25) is 0 Å². The molecule has 0 aromatic rings. The zero-order valence-electron chi connectivity index (χ0n) is 9.54. The lowest BCUT2D eigenvalue weighted by Crippen LogP contribution is -2.48. The first-order chi connectivity index (χ1) is 8.36. The molecular formula is C11H16N4O2. The predicted octanol–water partition coefficient (Wildman–Crippen LogP) is -0.251. The molecule has 3 aliphatic heterocycles. The molecule has 3 aliphatic rings. The van der Waals surface area contributed by atoms with Crippen molar-refractivity contribution in [1.29, 1.82) is 0 Å². The second-order valence-electron chi connectivity index (χ2n) is 4.22. The van der Waals surface area contributed by atoms with Crippen molar-refractivity contribution in [3.05, 3.63) is 23.5 Å². The minimum atomic E-state index is -0.0126. The molecule has 0 radical (unpaired) electrons. The van der Waals surface area contributed by atoms with Crippen molar-refractivity contribution in [2.24, 2.45) is 4.99 Å². The number of nitrogens with one attached hydrogen (secondary N) is 1. The fourth-order valence-electron chi connectivity index (χ4n) is 2.32. The fourth-order valence-corrected chi connectivity index (χ4v) is 2.32. The van der Waals surface area contributed by atoms with Crippen LogP contribution in [-0.2, 0) is 4.74 Å². The third-order valence-electron chi connectivity index (χ3n) is 3.17. The molecule has 1 saturated heterocycles. The number of morpholine rings is 1. The molecule has 0 amide bonds. The van der Waals surface area contributed by atoms with Crippen molar-refractivity contribution in [3.8, 4) is 0 Å². The van der Waals surface area contributed by atoms with Crippen LogP contribution in [0.25, 0.3) is 0 Å². The van der Waals surface area contributed by atoms with E-state index in [9.17, 15) is 5.21 Å². The summed E-state index contributed by atoms with van der Waals surface area (Å²) in [5.74, 6) is 0.735. The first-order valence-electron chi connectivity index (χ1n) is 5.84. The van der Waals surface area contributed by atoms with E-state index in [4.69, 9.17) is 4.74 Å². The van der Waals surface area contributed by atoms with Crippen LogP contribution >= 0.6 is 0 Å². The summed E-state index contributed by atoms with van der Waals surface area (Å²) in [6, 6.07) is 0. The Hall–Kier alpha value is -1.37. The summed E-state index contributed by atoms with van der Waals surface area (Å²) in [4.78, 5) is 6.65. The highest BCUT2D eigenvalue weighted by Gasteiger charge is 2.29. The Kier molecular flexibility index (Phi) is 2.84. The van der Waals surface area contributed by atoms with Crippen molar-refractivity contribution in [2.45, 2.75) is 6.17 Å². The van der Waals surface area contributed by atoms with Crippen molar-refractivity contribution in [1.82, 2.24) is 15.3 Å². The van der Waals surface area contributed by atoms with Crippen molar-refractivity contribution < 1.29 is 9.94 Å². The first kappa shape index (κ1) is 10.8. The number of ether oxygens (including phenoxy) is 1. The van der Waals surface area contributed by atoms with Crippen molar-refractivity contribution in [3.63, 3.8) is 0 Å². The Bertz CT molecular complexity index is 385. The summed E-state index contributed by atoms with van der Waals surface area (Å²) in [5, 5.41) is 13.9. The third-order valence-corrected chi connectivity index (χ3v) is 3.17. The molecule has 6 heteroatoms. The molecule has 0 aliphatic carbocycles. The molecule has 1 unspecified atom stereocenters. The van der Waals surface area contributed by atoms with E-state index >= 15 is 0 Å². The maximum absolute atomic E-state index is 9.71. The molecule has 0 aromatic heterocycles. The van der Waals surface area contributed by atoms with Gasteiger partial charge in [0.25, 0.3) is 0 Å². The zero-order valence-corrected chi connectivity index (χ0v) is 9.54. The number of rotatable bonds is 1. The summed E-state index contributed by atoms with van der Waals surface area (Å²) in [6.07, 6.45) is 5.53. The minimum Gasteiger partial charge on any atom is -0.379 e. The Morgan fingerprint density at radius 3 is 3.06 bits per heavy atom. The van der Waals surface area contributed by atoms with Crippen LogP contribution in [0.1, 0.15) is 0 Å². The third kappa shape index (κ3) is 1.95. The lowest BCUT2D eigenvalue weighted by molar-refractivity contribution is 0.00214. The molecule has 0 bridgehead atoms. The van der Waals surface area contributed by atoms with Gasteiger partial charge < -0.3 is 10.1 Å². The number of dihydropyridines is 1. The Morgan fingerprint density at radius 2 is 2.24 bits per heavy atom. The van der Waals surface area contributed by atoms with Crippen LogP contribution < -0.4 is 5.32 Å². The SMILES string of the molecule is ON1C=NC(N2CCOCC2)C2=C1NCC=C2. The predicted molar refractivity (Wildman–Crippen MR) is 62.5 cm³/mol. The topological polar surface area (TPSA) is 60.3 Å². The van der Waals surface area contributed by atoms with Gasteiger partial charge in [-0.3, -0.25) is 10.1 Å². The first-order valence-corrected chi connectivity index (χ1v) is 5.84. The fraction of sp³-hybridized carbons (Fsp3) is 0.545. The van der Waals surface area contributed by atoms with E-state index < -0.39 is 0 Å². The van der Waals surface area contributed by atoms with E-state index in [-0.39, 0.29) is 6.17 Å². The van der Waals surface area contributed by atoms with Gasteiger partial charge in [0.15, 0.2) is 0 Å². The molecule has 0 saturated carbocycles. The Morgan fingerprint density at radius 1 is 1.41 bits per heavy atom. The highest BCUT2D eigenvalue weighted by Crippen LogP contribution is 2.23. The normalized spacial score (nSPS) is 29.2. The monoisotopic (exact) mass is 236 g/mol. The van der Waals surface area contributed by atoms with Gasteiger partial charge in [0, 0.05) is 25.2 Å². The number of hydrogen-bond donors (Lipinski definition) is 2. The van der Waals surface area contributed by atoms with E-state index in [0.29, 0.717) is 0 Å². The summed E-state index contributed by atoms with van der Waals surface area (Å²) in [6.45, 7) is 3.97. The van der Waals surface area contributed by atoms with E-state index in [1.165, 1.54) is 6.34 Å². The zero-order chi connectivity index (χ0) is 11.7. The average molecular weight is 236 g/mol. The van der Waals surface area contributed by atoms with Crippen molar-refractivity contribution in [2.75, 3.05) is 32.8 Å². The summed E-state index contributed by atoms with van der Waals surface area (Å²) in [5.41, 5.74) is 1.02. The van der Waals surface area contributed by atoms with Crippen LogP contribution in [0, 0.1) is 0 Å². The molecular weight excluding hydrogens is 220 g/mol. The maximum Gasteiger partial charge on any atom is 0.140 e. The molecule has 1 atom stereocenters. The molecule has 3 heterocycles. The Balaban J connectivity index is 1.86. The van der Waals surface area contributed by atoms with Gasteiger partial charge in [-0.05, 0) is 0 Å². The second kappa shape index (κ2) is 4.48. The van der Waals surface area contributed by atoms with Crippen LogP contribution in [0.4, 0.5) is 0 Å². The van der Waals surface area contributed by atoms with Crippen LogP contribution in [-0.4, -0.2) is 60.5 Å². The summed E-state index contributed by atoms with van der Waals surface area (Å²) >= 11 is 0. The van der Waals surface area contributed by atoms with Gasteiger partial charge in [0.2, 0.25) is 0 Å². The smallest absolute Gasteiger partial charge is 0.140 e. The minimum absolute atomic E-state index is 0.0126. The average Bonchev–Trinajstić information content (AvgIpc) is 2.41. The maximum atomic E-state index is 9.71. The van der Waals surface area contributed by atoms with Gasteiger partial charge in [0.1, 0.15) is 18.3 Å². The molecule has 6 nitrogen and oxygen atoms in total. The lowest BCUT2D eigenvalue weighted by Gasteiger charge is -2.37. The van der Waals surface area contributed by atoms with E-state index in [1.807, 2.05) is 12.2 Å². The quantitative estimate of drug-likeness (QED) is 0.657. The molecule has 0 spiro atoms. The van der Waals surface area contributed by atoms with Crippen molar-refractivity contribution >= 4 is 6.34 Å². The van der Waals surface area contributed by atoms with Crippen LogP contribution in [0.15, 0.2) is 28.5 Å². The number of hydrogen-bond acceptors (Lipinski definition) is 6. The molecule has 92 valence electrons. The van der Waals surface area contributed by atoms with E-state index in [2.05, 4.69) is 15.2 Å². The van der Waals surface area contributed by atoms with Gasteiger partial charge in [-0.1, -0.05) is 12.2 Å². The van der Waals surface area contributed by atoms with Crippen LogP contribution in [0.5, 0.6) is 0 Å². The molecule has 3 rings (SSSR count). The van der Waals surface area contributed by atoms with E-state index in [0.717, 1.165) is 49.3 Å². The molecule has 17 heavy (non-hydrogen) atoms. The van der Waals surface area contributed by atoms with Gasteiger partial charge in [-0.15, -0.1) is 0 Å². The van der Waals surface area contributed by atoms with Gasteiger partial charge in [-0.25, -0.2) is 4.99 Å². The molecule has 1 fully saturated rings. The van der Waals surface area contributed by atoms with Gasteiger partial charge in [-0.2, -0.15) is 5.06 Å². The number of hydroxylamine groups is 2. The number of nitrogens with zero attached hydrogens (tertiary/aromatic N) is 3. The standard InChI is InChI=1S/C11H16N4O2/c16-15-8-13-10(14-4-6-17-7-5-14)9-2-1-3-12-11(9)15/h1-2,8,10,12,16H,3-7H2. The highest BCUT2D eigenvalue weighted by atomic mass is 16.5. The summed E-state index contributed by atoms with van der Waals surface area (Å²) in [7, 11) is 0. The largest absolute Gasteiger partial charge is 0.379 e. The Labute approximate surface area is 99.8 Å². The summed E-state index contributed by atoms with van der Waals surface area (Å²) < 4.78 is 5.34. The number of aliphatic imine (C=N–C) groups is 1. The van der Waals surface area contributed by atoms with Crippen LogP contribution in [0.3, 0.4) is 0 Å². The lowest BCUT2D eigenvalue weighted by atomic mass is 10.1. The molecule has 0 aromatic carbocycles. The van der Waals surface area contributed by atoms with Gasteiger partial charge in [0.05, 0.1) is 13.2 Å². The second-order valence-corrected chi connectivity index (χ2v) is 4.22. The van der Waals surface area contributed by atoms with Gasteiger partial charge >= 0.3 is 0 Å². The van der Waals surface area contributed by atoms with E-state index in [1.54, 1.807) is 0 Å². The molecule has 2 N–H and O–H groups in total.